The molecule has 2 nitrogen and oxygen atoms in total. The summed E-state index contributed by atoms with van der Waals surface area (Å²) in [6.07, 6.45) is 0. The SMILES string of the molecule is C[N+]1=C(N)C(C)(c2ccccc2)c2ccccc21. The molecule has 0 spiro atoms. The van der Waals surface area contributed by atoms with Crippen molar-refractivity contribution < 1.29 is 4.58 Å². The fraction of sp³-hybridized carbons (Fsp3) is 0.188. The molecule has 0 saturated heterocycles. The van der Waals surface area contributed by atoms with Crippen LogP contribution in [0.1, 0.15) is 18.1 Å². The summed E-state index contributed by atoms with van der Waals surface area (Å²) in [4.78, 5) is 0. The Morgan fingerprint density at radius 1 is 0.944 bits per heavy atom. The predicted molar refractivity (Wildman–Crippen MR) is 74.4 cm³/mol. The van der Waals surface area contributed by atoms with Gasteiger partial charge in [0.15, 0.2) is 0 Å². The first-order valence-corrected chi connectivity index (χ1v) is 6.17. The van der Waals surface area contributed by atoms with Crippen LogP contribution in [-0.4, -0.2) is 17.5 Å². The lowest BCUT2D eigenvalue weighted by Crippen LogP contribution is -2.39. The second-order valence-electron chi connectivity index (χ2n) is 4.95. The number of para-hydroxylation sites is 1. The highest BCUT2D eigenvalue weighted by Gasteiger charge is 2.46. The third kappa shape index (κ3) is 1.26. The summed E-state index contributed by atoms with van der Waals surface area (Å²) in [7, 11) is 2.03. The zero-order chi connectivity index (χ0) is 12.8. The van der Waals surface area contributed by atoms with E-state index in [-0.39, 0.29) is 5.41 Å². The summed E-state index contributed by atoms with van der Waals surface area (Å²) < 4.78 is 2.09. The van der Waals surface area contributed by atoms with Crippen LogP contribution < -0.4 is 5.73 Å². The largest absolute Gasteiger partial charge is 0.290 e. The first-order valence-electron chi connectivity index (χ1n) is 6.17. The Kier molecular flexibility index (Phi) is 2.27. The van der Waals surface area contributed by atoms with Crippen LogP contribution in [0.15, 0.2) is 54.6 Å². The maximum atomic E-state index is 6.38. The van der Waals surface area contributed by atoms with Crippen LogP contribution in [0.3, 0.4) is 0 Å². The quantitative estimate of drug-likeness (QED) is 0.759. The number of hydrogen-bond donors (Lipinski definition) is 1. The maximum absolute atomic E-state index is 6.38. The summed E-state index contributed by atoms with van der Waals surface area (Å²) in [6, 6.07) is 18.9. The van der Waals surface area contributed by atoms with E-state index < -0.39 is 0 Å². The molecule has 0 aliphatic carbocycles. The predicted octanol–water partition coefficient (Wildman–Crippen LogP) is 2.64. The Morgan fingerprint density at radius 3 is 2.28 bits per heavy atom. The van der Waals surface area contributed by atoms with Gasteiger partial charge in [-0.2, -0.15) is 0 Å². The van der Waals surface area contributed by atoms with E-state index in [1.807, 2.05) is 13.1 Å². The molecule has 0 fully saturated rings. The van der Waals surface area contributed by atoms with Crippen molar-refractivity contribution in [2.75, 3.05) is 7.05 Å². The van der Waals surface area contributed by atoms with Crippen molar-refractivity contribution in [3.63, 3.8) is 0 Å². The summed E-state index contributed by atoms with van der Waals surface area (Å²) in [5, 5.41) is 0. The summed E-state index contributed by atoms with van der Waals surface area (Å²) >= 11 is 0. The molecule has 1 aliphatic rings. The normalized spacial score (nSPS) is 22.1. The first-order chi connectivity index (χ1) is 8.65. The Labute approximate surface area is 107 Å². The van der Waals surface area contributed by atoms with Crippen molar-refractivity contribution in [1.29, 1.82) is 0 Å². The minimum absolute atomic E-state index is 0.230. The molecule has 0 saturated carbocycles. The minimum atomic E-state index is -0.230. The molecule has 0 bridgehead atoms. The van der Waals surface area contributed by atoms with Gasteiger partial charge in [-0.3, -0.25) is 5.73 Å². The highest BCUT2D eigenvalue weighted by Crippen LogP contribution is 2.41. The van der Waals surface area contributed by atoms with Gasteiger partial charge in [0.05, 0.1) is 7.05 Å². The molecule has 2 aromatic rings. The number of nitrogens with two attached hydrogens (primary N) is 1. The van der Waals surface area contributed by atoms with Crippen LogP contribution in [-0.2, 0) is 5.41 Å². The number of amidine groups is 1. The average Bonchev–Trinajstić information content (AvgIpc) is 2.64. The smallest absolute Gasteiger partial charge is 0.262 e. The first kappa shape index (κ1) is 11.0. The lowest BCUT2D eigenvalue weighted by molar-refractivity contribution is -0.403. The van der Waals surface area contributed by atoms with Gasteiger partial charge in [0.2, 0.25) is 0 Å². The Balaban J connectivity index is 2.31. The van der Waals surface area contributed by atoms with Crippen LogP contribution in [0.25, 0.3) is 0 Å². The van der Waals surface area contributed by atoms with E-state index in [0.29, 0.717) is 0 Å². The van der Waals surface area contributed by atoms with Gasteiger partial charge in [0.1, 0.15) is 11.1 Å². The molecule has 90 valence electrons. The van der Waals surface area contributed by atoms with Gasteiger partial charge in [0.25, 0.3) is 5.84 Å². The zero-order valence-electron chi connectivity index (χ0n) is 10.7. The Hall–Kier alpha value is -2.09. The van der Waals surface area contributed by atoms with Crippen molar-refractivity contribution in [3.8, 4) is 0 Å². The average molecular weight is 237 g/mol. The van der Waals surface area contributed by atoms with E-state index in [9.17, 15) is 0 Å². The maximum Gasteiger partial charge on any atom is 0.262 e. The fourth-order valence-corrected chi connectivity index (χ4v) is 2.87. The molecule has 1 heterocycles. The van der Waals surface area contributed by atoms with Gasteiger partial charge in [-0.05, 0) is 18.6 Å². The van der Waals surface area contributed by atoms with E-state index in [1.165, 1.54) is 16.8 Å². The van der Waals surface area contributed by atoms with Crippen molar-refractivity contribution in [1.82, 2.24) is 0 Å². The van der Waals surface area contributed by atoms with Crippen molar-refractivity contribution in [3.05, 3.63) is 65.7 Å². The number of benzene rings is 2. The third-order valence-electron chi connectivity index (χ3n) is 4.03. The molecular weight excluding hydrogens is 220 g/mol. The molecular formula is C16H17N2+. The fourth-order valence-electron chi connectivity index (χ4n) is 2.87. The van der Waals surface area contributed by atoms with Gasteiger partial charge >= 0.3 is 0 Å². The molecule has 2 aromatic carbocycles. The van der Waals surface area contributed by atoms with E-state index in [0.717, 1.165) is 5.84 Å². The van der Waals surface area contributed by atoms with Gasteiger partial charge in [-0.25, -0.2) is 4.58 Å². The lowest BCUT2D eigenvalue weighted by Gasteiger charge is -2.22. The Morgan fingerprint density at radius 2 is 1.56 bits per heavy atom. The van der Waals surface area contributed by atoms with Gasteiger partial charge in [-0.15, -0.1) is 0 Å². The second kappa shape index (κ2) is 3.70. The summed E-state index contributed by atoms with van der Waals surface area (Å²) in [5.41, 5.74) is 9.86. The molecule has 0 aromatic heterocycles. The number of rotatable bonds is 1. The van der Waals surface area contributed by atoms with Gasteiger partial charge < -0.3 is 0 Å². The molecule has 1 unspecified atom stereocenters. The molecule has 2 N–H and O–H groups in total. The van der Waals surface area contributed by atoms with Crippen molar-refractivity contribution >= 4 is 11.5 Å². The van der Waals surface area contributed by atoms with Gasteiger partial charge in [0, 0.05) is 5.56 Å². The van der Waals surface area contributed by atoms with Crippen LogP contribution in [0.5, 0.6) is 0 Å². The highest BCUT2D eigenvalue weighted by atomic mass is 15.1. The van der Waals surface area contributed by atoms with Gasteiger partial charge in [-0.1, -0.05) is 48.5 Å². The van der Waals surface area contributed by atoms with Crippen molar-refractivity contribution in [2.45, 2.75) is 12.3 Å². The third-order valence-corrected chi connectivity index (χ3v) is 4.03. The summed E-state index contributed by atoms with van der Waals surface area (Å²) in [5.74, 6) is 0.884. The molecule has 0 radical (unpaired) electrons. The van der Waals surface area contributed by atoms with Crippen molar-refractivity contribution in [2.24, 2.45) is 5.73 Å². The topological polar surface area (TPSA) is 29.0 Å². The van der Waals surface area contributed by atoms with E-state index in [4.69, 9.17) is 5.73 Å². The summed E-state index contributed by atoms with van der Waals surface area (Å²) in [6.45, 7) is 2.19. The lowest BCUT2D eigenvalue weighted by atomic mass is 9.76. The molecule has 2 heteroatoms. The van der Waals surface area contributed by atoms with E-state index in [1.54, 1.807) is 0 Å². The molecule has 18 heavy (non-hydrogen) atoms. The molecule has 1 aliphatic heterocycles. The van der Waals surface area contributed by atoms with Crippen LogP contribution in [0.4, 0.5) is 5.69 Å². The molecule has 1 atom stereocenters. The minimum Gasteiger partial charge on any atom is -0.290 e. The zero-order valence-corrected chi connectivity index (χ0v) is 10.7. The number of nitrogens with zero attached hydrogens (tertiary/aromatic N) is 1. The Bertz CT molecular complexity index is 629. The van der Waals surface area contributed by atoms with Crippen LogP contribution >= 0.6 is 0 Å². The monoisotopic (exact) mass is 237 g/mol. The standard InChI is InChI=1S/C16H16N2/c1-16(12-8-4-3-5-9-12)13-10-6-7-11-14(13)18(2)15(16)17/h3-11,17H,1-2H3/p+1. The number of fused-ring (bicyclic) bond motifs is 1. The van der Waals surface area contributed by atoms with Crippen LogP contribution in [0, 0.1) is 0 Å². The van der Waals surface area contributed by atoms with Crippen LogP contribution in [0.2, 0.25) is 0 Å². The molecule has 0 amide bonds. The second-order valence-corrected chi connectivity index (χ2v) is 4.95. The highest BCUT2D eigenvalue weighted by molar-refractivity contribution is 5.96. The molecule has 3 rings (SSSR count). The van der Waals surface area contributed by atoms with E-state index in [2.05, 4.69) is 60.0 Å². The number of hydrogen-bond acceptors (Lipinski definition) is 1. The van der Waals surface area contributed by atoms with E-state index >= 15 is 0 Å².